The van der Waals surface area contributed by atoms with Gasteiger partial charge in [0.25, 0.3) is 0 Å². The van der Waals surface area contributed by atoms with Crippen molar-refractivity contribution in [3.63, 3.8) is 0 Å². The zero-order valence-corrected chi connectivity index (χ0v) is 17.0. The van der Waals surface area contributed by atoms with Crippen molar-refractivity contribution in [3.8, 4) is 11.5 Å². The van der Waals surface area contributed by atoms with E-state index in [1.807, 2.05) is 42.5 Å². The molecule has 0 fully saturated rings. The molecular weight excluding hydrogens is 362 g/mol. The van der Waals surface area contributed by atoms with Crippen molar-refractivity contribution in [1.82, 2.24) is 0 Å². The standard InChI is InChI=1S/C20H27N5O.ClH/c1-12(2)16-10-15(26-14-8-6-5-7-9-14)11-17(13(3)4)18(16)24-20(23)25-19(21)22;/h5-13H,1-4H3,(H6,21,22,23,24,25);1H. The van der Waals surface area contributed by atoms with E-state index in [1.54, 1.807) is 0 Å². The van der Waals surface area contributed by atoms with Gasteiger partial charge in [-0.25, -0.2) is 4.99 Å². The van der Waals surface area contributed by atoms with E-state index in [1.165, 1.54) is 0 Å². The molecule has 0 aliphatic heterocycles. The maximum absolute atomic E-state index is 6.04. The van der Waals surface area contributed by atoms with E-state index in [0.29, 0.717) is 0 Å². The van der Waals surface area contributed by atoms with Gasteiger partial charge in [0.2, 0.25) is 5.96 Å². The lowest BCUT2D eigenvalue weighted by Gasteiger charge is -2.19. The number of nitrogens with two attached hydrogens (primary N) is 3. The summed E-state index contributed by atoms with van der Waals surface area (Å²) in [6, 6.07) is 13.7. The van der Waals surface area contributed by atoms with Gasteiger partial charge in [-0.3, -0.25) is 0 Å². The van der Waals surface area contributed by atoms with Gasteiger partial charge in [-0.2, -0.15) is 4.99 Å². The number of hydrogen-bond donors (Lipinski definition) is 3. The molecule has 0 aromatic heterocycles. The van der Waals surface area contributed by atoms with Crippen LogP contribution >= 0.6 is 12.4 Å². The Morgan fingerprint density at radius 1 is 0.852 bits per heavy atom. The molecular formula is C20H28ClN5O. The minimum atomic E-state index is -0.118. The van der Waals surface area contributed by atoms with E-state index in [4.69, 9.17) is 21.9 Å². The molecule has 0 spiro atoms. The van der Waals surface area contributed by atoms with Crippen LogP contribution < -0.4 is 21.9 Å². The lowest BCUT2D eigenvalue weighted by molar-refractivity contribution is 0.480. The van der Waals surface area contributed by atoms with Gasteiger partial charge in [0.1, 0.15) is 11.5 Å². The van der Waals surface area contributed by atoms with Crippen molar-refractivity contribution in [1.29, 1.82) is 0 Å². The molecule has 0 radical (unpaired) electrons. The maximum atomic E-state index is 6.04. The maximum Gasteiger partial charge on any atom is 0.223 e. The van der Waals surface area contributed by atoms with Crippen molar-refractivity contribution < 1.29 is 4.74 Å². The molecule has 7 heteroatoms. The molecule has 0 saturated carbocycles. The van der Waals surface area contributed by atoms with Crippen LogP contribution in [0.25, 0.3) is 0 Å². The number of para-hydroxylation sites is 1. The van der Waals surface area contributed by atoms with Crippen molar-refractivity contribution >= 4 is 30.0 Å². The Kier molecular flexibility index (Phi) is 8.12. The number of halogens is 1. The fraction of sp³-hybridized carbons (Fsp3) is 0.300. The summed E-state index contributed by atoms with van der Waals surface area (Å²) in [4.78, 5) is 8.31. The molecule has 0 unspecified atom stereocenters. The number of aliphatic imine (C=N–C) groups is 2. The van der Waals surface area contributed by atoms with E-state index in [2.05, 4.69) is 37.7 Å². The molecule has 0 heterocycles. The summed E-state index contributed by atoms with van der Waals surface area (Å²) in [5.41, 5.74) is 19.5. The average Bonchev–Trinajstić information content (AvgIpc) is 2.55. The number of hydrogen-bond acceptors (Lipinski definition) is 2. The second-order valence-electron chi connectivity index (χ2n) is 6.68. The van der Waals surface area contributed by atoms with E-state index in [9.17, 15) is 0 Å². The van der Waals surface area contributed by atoms with Crippen molar-refractivity contribution in [2.75, 3.05) is 0 Å². The van der Waals surface area contributed by atoms with Gasteiger partial charge in [-0.15, -0.1) is 12.4 Å². The largest absolute Gasteiger partial charge is 0.457 e. The molecule has 0 aliphatic rings. The Hall–Kier alpha value is -2.73. The molecule has 6 N–H and O–H groups in total. The smallest absolute Gasteiger partial charge is 0.223 e. The minimum Gasteiger partial charge on any atom is -0.457 e. The third-order valence-corrected chi connectivity index (χ3v) is 3.84. The lowest BCUT2D eigenvalue weighted by atomic mass is 9.92. The van der Waals surface area contributed by atoms with E-state index in [-0.39, 0.29) is 36.2 Å². The molecule has 0 atom stereocenters. The van der Waals surface area contributed by atoms with Crippen LogP contribution in [0.3, 0.4) is 0 Å². The predicted molar refractivity (Wildman–Crippen MR) is 115 cm³/mol. The van der Waals surface area contributed by atoms with Gasteiger partial charge in [0.05, 0.1) is 5.69 Å². The average molecular weight is 390 g/mol. The first-order chi connectivity index (χ1) is 12.3. The molecule has 146 valence electrons. The molecule has 2 rings (SSSR count). The van der Waals surface area contributed by atoms with Gasteiger partial charge in [-0.05, 0) is 47.2 Å². The van der Waals surface area contributed by atoms with Gasteiger partial charge < -0.3 is 21.9 Å². The first kappa shape index (κ1) is 22.3. The van der Waals surface area contributed by atoms with Crippen LogP contribution in [-0.4, -0.2) is 11.9 Å². The van der Waals surface area contributed by atoms with Crippen LogP contribution in [0.1, 0.15) is 50.7 Å². The van der Waals surface area contributed by atoms with Crippen LogP contribution in [0, 0.1) is 0 Å². The molecule has 2 aromatic carbocycles. The molecule has 0 bridgehead atoms. The summed E-state index contributed by atoms with van der Waals surface area (Å²) in [5, 5.41) is 0. The highest BCUT2D eigenvalue weighted by Crippen LogP contribution is 2.39. The summed E-state index contributed by atoms with van der Waals surface area (Å²) in [6.45, 7) is 8.39. The van der Waals surface area contributed by atoms with E-state index >= 15 is 0 Å². The quantitative estimate of drug-likeness (QED) is 0.520. The zero-order chi connectivity index (χ0) is 19.3. The fourth-order valence-electron chi connectivity index (χ4n) is 2.62. The Bertz CT molecular complexity index is 783. The van der Waals surface area contributed by atoms with Gasteiger partial charge >= 0.3 is 0 Å². The normalized spacial score (nSPS) is 11.3. The van der Waals surface area contributed by atoms with Crippen LogP contribution in [0.5, 0.6) is 11.5 Å². The fourth-order valence-corrected chi connectivity index (χ4v) is 2.62. The van der Waals surface area contributed by atoms with Gasteiger partial charge in [0.15, 0.2) is 5.96 Å². The summed E-state index contributed by atoms with van der Waals surface area (Å²) in [5.74, 6) is 1.91. The first-order valence-electron chi connectivity index (χ1n) is 8.62. The molecule has 27 heavy (non-hydrogen) atoms. The van der Waals surface area contributed by atoms with Gasteiger partial charge in [0, 0.05) is 0 Å². The van der Waals surface area contributed by atoms with Crippen LogP contribution in [0.4, 0.5) is 5.69 Å². The monoisotopic (exact) mass is 389 g/mol. The Morgan fingerprint density at radius 3 is 1.81 bits per heavy atom. The highest BCUT2D eigenvalue weighted by Gasteiger charge is 2.17. The van der Waals surface area contributed by atoms with Crippen molar-refractivity contribution in [2.45, 2.75) is 39.5 Å². The third kappa shape index (κ3) is 6.18. The van der Waals surface area contributed by atoms with Crippen molar-refractivity contribution in [2.24, 2.45) is 27.2 Å². The zero-order valence-electron chi connectivity index (χ0n) is 16.1. The summed E-state index contributed by atoms with van der Waals surface area (Å²) < 4.78 is 6.04. The molecule has 6 nitrogen and oxygen atoms in total. The number of guanidine groups is 2. The lowest BCUT2D eigenvalue weighted by Crippen LogP contribution is -2.26. The highest BCUT2D eigenvalue weighted by atomic mass is 35.5. The van der Waals surface area contributed by atoms with Crippen LogP contribution in [0.15, 0.2) is 52.4 Å². The van der Waals surface area contributed by atoms with Crippen molar-refractivity contribution in [3.05, 3.63) is 53.6 Å². The molecule has 0 aliphatic carbocycles. The molecule has 0 amide bonds. The van der Waals surface area contributed by atoms with E-state index in [0.717, 1.165) is 28.3 Å². The third-order valence-electron chi connectivity index (χ3n) is 3.84. The second kappa shape index (κ2) is 9.83. The number of benzene rings is 2. The number of rotatable bonds is 5. The molecule has 2 aromatic rings. The SMILES string of the molecule is CC(C)c1cc(Oc2ccccc2)cc(C(C)C)c1N=C(N)N=C(N)N.Cl. The minimum absolute atomic E-state index is 0. The second-order valence-corrected chi connectivity index (χ2v) is 6.68. The van der Waals surface area contributed by atoms with E-state index < -0.39 is 0 Å². The number of nitrogens with zero attached hydrogens (tertiary/aromatic N) is 2. The molecule has 0 saturated heterocycles. The summed E-state index contributed by atoms with van der Waals surface area (Å²) >= 11 is 0. The Balaban J connectivity index is 0.00000364. The van der Waals surface area contributed by atoms with Crippen LogP contribution in [-0.2, 0) is 0 Å². The highest BCUT2D eigenvalue weighted by molar-refractivity contribution is 5.94. The predicted octanol–water partition coefficient (Wildman–Crippen LogP) is 4.37. The van der Waals surface area contributed by atoms with Gasteiger partial charge in [-0.1, -0.05) is 45.9 Å². The topological polar surface area (TPSA) is 112 Å². The summed E-state index contributed by atoms with van der Waals surface area (Å²) in [6.07, 6.45) is 0. The Labute approximate surface area is 166 Å². The number of ether oxygens (including phenoxy) is 1. The Morgan fingerprint density at radius 2 is 1.37 bits per heavy atom. The van der Waals surface area contributed by atoms with Crippen LogP contribution in [0.2, 0.25) is 0 Å². The summed E-state index contributed by atoms with van der Waals surface area (Å²) in [7, 11) is 0. The first-order valence-corrected chi connectivity index (χ1v) is 8.62.